The molecule has 0 amide bonds. The number of hydrogen-bond acceptors (Lipinski definition) is 5. The number of sulfonamides is 1. The Balaban J connectivity index is 1.93. The van der Waals surface area contributed by atoms with Crippen LogP contribution in [0.15, 0.2) is 32.3 Å². The van der Waals surface area contributed by atoms with Crippen LogP contribution in [0.3, 0.4) is 0 Å². The first-order chi connectivity index (χ1) is 10.4. The van der Waals surface area contributed by atoms with Crippen molar-refractivity contribution in [3.8, 4) is 0 Å². The van der Waals surface area contributed by atoms with Gasteiger partial charge < -0.3 is 10.2 Å². The van der Waals surface area contributed by atoms with Gasteiger partial charge in [0.15, 0.2) is 5.58 Å². The molecule has 1 heterocycles. The average molecular weight is 325 g/mol. The van der Waals surface area contributed by atoms with Crippen LogP contribution < -0.4 is 16.2 Å². The van der Waals surface area contributed by atoms with Crippen molar-refractivity contribution in [2.45, 2.75) is 30.2 Å². The van der Waals surface area contributed by atoms with Gasteiger partial charge in [0, 0.05) is 19.2 Å². The quantitative estimate of drug-likeness (QED) is 0.853. The van der Waals surface area contributed by atoms with Crippen molar-refractivity contribution in [1.82, 2.24) is 9.29 Å². The van der Waals surface area contributed by atoms with E-state index in [-0.39, 0.29) is 22.4 Å². The van der Waals surface area contributed by atoms with Gasteiger partial charge in [0.1, 0.15) is 0 Å². The second-order valence-corrected chi connectivity index (χ2v) is 7.42. The van der Waals surface area contributed by atoms with Gasteiger partial charge in [-0.2, -0.15) is 0 Å². The maximum atomic E-state index is 12.5. The normalized spacial score (nSPS) is 22.5. The molecule has 0 bridgehead atoms. The van der Waals surface area contributed by atoms with Crippen LogP contribution in [0.1, 0.15) is 19.3 Å². The molecular weight excluding hydrogens is 306 g/mol. The highest BCUT2D eigenvalue weighted by atomic mass is 32.2. The molecule has 22 heavy (non-hydrogen) atoms. The molecule has 120 valence electrons. The van der Waals surface area contributed by atoms with Gasteiger partial charge in [0.25, 0.3) is 0 Å². The Hall–Kier alpha value is -1.64. The third-order valence-corrected chi connectivity index (χ3v) is 5.83. The summed E-state index contributed by atoms with van der Waals surface area (Å²) in [7, 11) is -2.08. The molecule has 3 rings (SSSR count). The van der Waals surface area contributed by atoms with Crippen LogP contribution in [0, 0.1) is 5.92 Å². The summed E-state index contributed by atoms with van der Waals surface area (Å²) in [5.41, 5.74) is 6.51. The molecule has 0 spiro atoms. The number of nitrogens with zero attached hydrogens (tertiary/aromatic N) is 1. The van der Waals surface area contributed by atoms with Gasteiger partial charge in [-0.05, 0) is 37.4 Å². The lowest BCUT2D eigenvalue weighted by atomic mass is 10.1. The minimum atomic E-state index is -3.66. The monoisotopic (exact) mass is 325 g/mol. The Kier molecular flexibility index (Phi) is 3.84. The van der Waals surface area contributed by atoms with E-state index in [1.54, 1.807) is 13.1 Å². The Morgan fingerprint density at radius 2 is 2.18 bits per heavy atom. The zero-order chi connectivity index (χ0) is 15.9. The molecule has 1 saturated carbocycles. The van der Waals surface area contributed by atoms with E-state index < -0.39 is 15.8 Å². The number of aryl methyl sites for hydroxylation is 1. The van der Waals surface area contributed by atoms with Gasteiger partial charge in [0.05, 0.1) is 10.4 Å². The number of oxazole rings is 1. The zero-order valence-corrected chi connectivity index (χ0v) is 13.1. The summed E-state index contributed by atoms with van der Waals surface area (Å²) in [4.78, 5) is 11.6. The van der Waals surface area contributed by atoms with Crippen LogP contribution in [0.5, 0.6) is 0 Å². The standard InChI is InChI=1S/C14H19N3O4S/c1-17-12-6-5-10(7-13(12)21-14(17)18)22(19,20)16-11-4-2-3-9(11)8-15/h5-7,9,11,16H,2-4,8,15H2,1H3. The van der Waals surface area contributed by atoms with Crippen molar-refractivity contribution < 1.29 is 12.8 Å². The fraction of sp³-hybridized carbons (Fsp3) is 0.500. The SMILES string of the molecule is Cn1c(=O)oc2cc(S(=O)(=O)NC3CCCC3CN)ccc21. The maximum Gasteiger partial charge on any atom is 0.419 e. The molecule has 1 aromatic heterocycles. The molecule has 8 heteroatoms. The largest absolute Gasteiger partial charge is 0.419 e. The smallest absolute Gasteiger partial charge is 0.408 e. The zero-order valence-electron chi connectivity index (χ0n) is 12.3. The number of rotatable bonds is 4. The van der Waals surface area contributed by atoms with Gasteiger partial charge in [-0.15, -0.1) is 0 Å². The molecule has 0 radical (unpaired) electrons. The van der Waals surface area contributed by atoms with Crippen molar-refractivity contribution in [2.24, 2.45) is 18.7 Å². The number of nitrogens with one attached hydrogen (secondary N) is 1. The second kappa shape index (κ2) is 5.53. The van der Waals surface area contributed by atoms with Gasteiger partial charge in [-0.3, -0.25) is 4.57 Å². The first kappa shape index (κ1) is 15.3. The molecule has 2 unspecified atom stereocenters. The fourth-order valence-corrected chi connectivity index (χ4v) is 4.38. The lowest BCUT2D eigenvalue weighted by molar-refractivity contribution is 0.453. The molecule has 2 atom stereocenters. The van der Waals surface area contributed by atoms with E-state index in [1.165, 1.54) is 16.7 Å². The maximum absolute atomic E-state index is 12.5. The van der Waals surface area contributed by atoms with E-state index in [0.717, 1.165) is 19.3 Å². The number of hydrogen-bond donors (Lipinski definition) is 2. The number of nitrogens with two attached hydrogens (primary N) is 1. The van der Waals surface area contributed by atoms with E-state index in [9.17, 15) is 13.2 Å². The highest BCUT2D eigenvalue weighted by molar-refractivity contribution is 7.89. The van der Waals surface area contributed by atoms with Crippen molar-refractivity contribution in [3.05, 3.63) is 28.7 Å². The molecule has 3 N–H and O–H groups in total. The van der Waals surface area contributed by atoms with E-state index in [4.69, 9.17) is 10.2 Å². The predicted octanol–water partition coefficient (Wildman–Crippen LogP) is 0.537. The van der Waals surface area contributed by atoms with Gasteiger partial charge >= 0.3 is 5.76 Å². The molecule has 7 nitrogen and oxygen atoms in total. The van der Waals surface area contributed by atoms with Crippen LogP contribution >= 0.6 is 0 Å². The van der Waals surface area contributed by atoms with Crippen molar-refractivity contribution in [2.75, 3.05) is 6.54 Å². The minimum absolute atomic E-state index is 0.0945. The first-order valence-corrected chi connectivity index (χ1v) is 8.72. The summed E-state index contributed by atoms with van der Waals surface area (Å²) >= 11 is 0. The number of fused-ring (bicyclic) bond motifs is 1. The molecule has 1 aromatic carbocycles. The van der Waals surface area contributed by atoms with Crippen LogP contribution in [0.4, 0.5) is 0 Å². The fourth-order valence-electron chi connectivity index (χ4n) is 3.02. The van der Waals surface area contributed by atoms with Gasteiger partial charge in [-0.25, -0.2) is 17.9 Å². The molecule has 0 aliphatic heterocycles. The minimum Gasteiger partial charge on any atom is -0.408 e. The van der Waals surface area contributed by atoms with Crippen LogP contribution in [-0.2, 0) is 17.1 Å². The molecule has 2 aromatic rings. The molecular formula is C14H19N3O4S. The summed E-state index contributed by atoms with van der Waals surface area (Å²) in [5, 5.41) is 0. The van der Waals surface area contributed by atoms with E-state index in [1.807, 2.05) is 0 Å². The molecule has 1 aliphatic carbocycles. The Morgan fingerprint density at radius 3 is 2.91 bits per heavy atom. The van der Waals surface area contributed by atoms with Crippen molar-refractivity contribution in [3.63, 3.8) is 0 Å². The highest BCUT2D eigenvalue weighted by Crippen LogP contribution is 2.26. The summed E-state index contributed by atoms with van der Waals surface area (Å²) in [5.74, 6) is -0.343. The van der Waals surface area contributed by atoms with Crippen LogP contribution in [-0.4, -0.2) is 25.6 Å². The van der Waals surface area contributed by atoms with E-state index >= 15 is 0 Å². The van der Waals surface area contributed by atoms with Crippen LogP contribution in [0.25, 0.3) is 11.1 Å². The molecule has 1 aliphatic rings. The summed E-state index contributed by atoms with van der Waals surface area (Å²) < 4.78 is 34.1. The summed E-state index contributed by atoms with van der Waals surface area (Å²) in [6, 6.07) is 4.30. The van der Waals surface area contributed by atoms with E-state index in [2.05, 4.69) is 4.72 Å². The van der Waals surface area contributed by atoms with Crippen molar-refractivity contribution >= 4 is 21.1 Å². The first-order valence-electron chi connectivity index (χ1n) is 7.24. The Labute approximate surface area is 128 Å². The van der Waals surface area contributed by atoms with Crippen LogP contribution in [0.2, 0.25) is 0 Å². The van der Waals surface area contributed by atoms with Gasteiger partial charge in [-0.1, -0.05) is 6.42 Å². The topological polar surface area (TPSA) is 107 Å². The molecule has 1 fully saturated rings. The lowest BCUT2D eigenvalue weighted by Crippen LogP contribution is -2.39. The average Bonchev–Trinajstić information content (AvgIpc) is 3.03. The van der Waals surface area contributed by atoms with Gasteiger partial charge in [0.2, 0.25) is 10.0 Å². The van der Waals surface area contributed by atoms with E-state index in [0.29, 0.717) is 12.1 Å². The predicted molar refractivity (Wildman–Crippen MR) is 82.0 cm³/mol. The molecule has 0 saturated heterocycles. The Morgan fingerprint density at radius 1 is 1.41 bits per heavy atom. The highest BCUT2D eigenvalue weighted by Gasteiger charge is 2.30. The Bertz CT molecular complexity index is 853. The number of aromatic nitrogens is 1. The van der Waals surface area contributed by atoms with Crippen molar-refractivity contribution in [1.29, 1.82) is 0 Å². The lowest BCUT2D eigenvalue weighted by Gasteiger charge is -2.19. The third kappa shape index (κ3) is 2.57. The third-order valence-electron chi connectivity index (χ3n) is 4.34. The second-order valence-electron chi connectivity index (χ2n) is 5.71. The number of benzene rings is 1. The summed E-state index contributed by atoms with van der Waals surface area (Å²) in [6.07, 6.45) is 2.71. The summed E-state index contributed by atoms with van der Waals surface area (Å²) in [6.45, 7) is 0.472.